The first-order valence-electron chi connectivity index (χ1n) is 5.84. The fourth-order valence-electron chi connectivity index (χ4n) is 2.01. The Bertz CT molecular complexity index is 614. The topological polar surface area (TPSA) is 81.1 Å². The SMILES string of the molecule is Nc1c(C(=O)O)cccc1-n1ccc(C2CC2)n1. The third-order valence-electron chi connectivity index (χ3n) is 3.17. The van der Waals surface area contributed by atoms with Crippen LogP contribution in [0.15, 0.2) is 30.5 Å². The summed E-state index contributed by atoms with van der Waals surface area (Å²) in [5.74, 6) is -0.459. The zero-order valence-corrected chi connectivity index (χ0v) is 9.71. The van der Waals surface area contributed by atoms with Crippen molar-refractivity contribution < 1.29 is 9.90 Å². The van der Waals surface area contributed by atoms with E-state index < -0.39 is 5.97 Å². The second-order valence-corrected chi connectivity index (χ2v) is 4.50. The van der Waals surface area contributed by atoms with E-state index in [0.717, 1.165) is 5.69 Å². The first-order valence-corrected chi connectivity index (χ1v) is 5.84. The molecule has 0 spiro atoms. The van der Waals surface area contributed by atoms with Crippen molar-refractivity contribution in [2.75, 3.05) is 5.73 Å². The van der Waals surface area contributed by atoms with Crippen LogP contribution in [0.2, 0.25) is 0 Å². The number of hydrogen-bond donors (Lipinski definition) is 2. The smallest absolute Gasteiger partial charge is 0.337 e. The van der Waals surface area contributed by atoms with Crippen molar-refractivity contribution >= 4 is 11.7 Å². The first kappa shape index (κ1) is 10.8. The standard InChI is InChI=1S/C13H13N3O2/c14-12-9(13(17)18)2-1-3-11(12)16-7-6-10(15-16)8-4-5-8/h1-3,6-8H,4-5,14H2,(H,17,18). The summed E-state index contributed by atoms with van der Waals surface area (Å²) in [5.41, 5.74) is 7.89. The first-order chi connectivity index (χ1) is 8.66. The summed E-state index contributed by atoms with van der Waals surface area (Å²) in [7, 11) is 0. The molecule has 1 aliphatic carbocycles. The maximum absolute atomic E-state index is 11.0. The Kier molecular flexibility index (Phi) is 2.33. The summed E-state index contributed by atoms with van der Waals surface area (Å²) in [6.07, 6.45) is 4.19. The van der Waals surface area contributed by atoms with E-state index >= 15 is 0 Å². The molecule has 1 saturated carbocycles. The van der Waals surface area contributed by atoms with E-state index in [1.807, 2.05) is 12.3 Å². The van der Waals surface area contributed by atoms with Crippen molar-refractivity contribution in [3.63, 3.8) is 0 Å². The molecule has 3 N–H and O–H groups in total. The van der Waals surface area contributed by atoms with E-state index in [1.165, 1.54) is 18.9 Å². The second-order valence-electron chi connectivity index (χ2n) is 4.50. The van der Waals surface area contributed by atoms with Gasteiger partial charge in [-0.1, -0.05) is 6.07 Å². The molecule has 5 nitrogen and oxygen atoms in total. The van der Waals surface area contributed by atoms with Gasteiger partial charge in [-0.3, -0.25) is 0 Å². The van der Waals surface area contributed by atoms with Crippen molar-refractivity contribution in [1.29, 1.82) is 0 Å². The molecule has 1 fully saturated rings. The third kappa shape index (κ3) is 1.73. The second kappa shape index (κ2) is 3.87. The molecule has 5 heteroatoms. The lowest BCUT2D eigenvalue weighted by molar-refractivity contribution is 0.0698. The zero-order chi connectivity index (χ0) is 12.7. The highest BCUT2D eigenvalue weighted by atomic mass is 16.4. The highest BCUT2D eigenvalue weighted by Gasteiger charge is 2.26. The molecule has 0 bridgehead atoms. The van der Waals surface area contributed by atoms with Crippen LogP contribution in [-0.2, 0) is 0 Å². The quantitative estimate of drug-likeness (QED) is 0.808. The van der Waals surface area contributed by atoms with E-state index in [2.05, 4.69) is 5.10 Å². The van der Waals surface area contributed by atoms with E-state index in [0.29, 0.717) is 11.6 Å². The summed E-state index contributed by atoms with van der Waals surface area (Å²) in [6, 6.07) is 6.90. The number of nitrogens with zero attached hydrogens (tertiary/aromatic N) is 2. The van der Waals surface area contributed by atoms with E-state index in [4.69, 9.17) is 10.8 Å². The Balaban J connectivity index is 2.04. The molecule has 1 aromatic heterocycles. The average Bonchev–Trinajstić information content (AvgIpc) is 3.08. The average molecular weight is 243 g/mol. The molecule has 0 saturated heterocycles. The highest BCUT2D eigenvalue weighted by Crippen LogP contribution is 2.39. The number of nitrogen functional groups attached to an aromatic ring is 1. The Morgan fingerprint density at radius 1 is 1.39 bits per heavy atom. The van der Waals surface area contributed by atoms with Gasteiger partial charge in [-0.05, 0) is 31.0 Å². The van der Waals surface area contributed by atoms with Gasteiger partial charge < -0.3 is 10.8 Å². The zero-order valence-electron chi connectivity index (χ0n) is 9.71. The van der Waals surface area contributed by atoms with Gasteiger partial charge in [0.2, 0.25) is 0 Å². The number of benzene rings is 1. The van der Waals surface area contributed by atoms with Crippen LogP contribution in [0.4, 0.5) is 5.69 Å². The predicted octanol–water partition coefficient (Wildman–Crippen LogP) is 2.03. The van der Waals surface area contributed by atoms with Crippen molar-refractivity contribution in [1.82, 2.24) is 9.78 Å². The molecule has 1 aliphatic rings. The Hall–Kier alpha value is -2.30. The number of aromatic nitrogens is 2. The van der Waals surface area contributed by atoms with Crippen LogP contribution in [0, 0.1) is 0 Å². The summed E-state index contributed by atoms with van der Waals surface area (Å²) in [4.78, 5) is 11.0. The fraction of sp³-hybridized carbons (Fsp3) is 0.231. The van der Waals surface area contributed by atoms with Gasteiger partial charge in [0.1, 0.15) is 0 Å². The lowest BCUT2D eigenvalue weighted by Gasteiger charge is -2.08. The van der Waals surface area contributed by atoms with Crippen molar-refractivity contribution in [2.45, 2.75) is 18.8 Å². The Morgan fingerprint density at radius 2 is 2.17 bits per heavy atom. The van der Waals surface area contributed by atoms with Crippen molar-refractivity contribution in [2.24, 2.45) is 0 Å². The number of carboxylic acid groups (broad SMARTS) is 1. The highest BCUT2D eigenvalue weighted by molar-refractivity contribution is 5.95. The van der Waals surface area contributed by atoms with Crippen LogP contribution < -0.4 is 5.73 Å². The van der Waals surface area contributed by atoms with Crippen LogP contribution in [0.3, 0.4) is 0 Å². The lowest BCUT2D eigenvalue weighted by Crippen LogP contribution is -2.07. The van der Waals surface area contributed by atoms with Crippen LogP contribution in [-0.4, -0.2) is 20.9 Å². The van der Waals surface area contributed by atoms with Crippen LogP contribution in [0.25, 0.3) is 5.69 Å². The van der Waals surface area contributed by atoms with Crippen molar-refractivity contribution in [3.05, 3.63) is 41.7 Å². The number of anilines is 1. The molecule has 18 heavy (non-hydrogen) atoms. The normalized spacial score (nSPS) is 14.7. The van der Waals surface area contributed by atoms with Gasteiger partial charge in [0, 0.05) is 12.1 Å². The maximum Gasteiger partial charge on any atom is 0.337 e. The van der Waals surface area contributed by atoms with E-state index in [1.54, 1.807) is 16.8 Å². The van der Waals surface area contributed by atoms with Crippen LogP contribution >= 0.6 is 0 Å². The fourth-order valence-corrected chi connectivity index (χ4v) is 2.01. The van der Waals surface area contributed by atoms with Gasteiger partial charge in [0.15, 0.2) is 0 Å². The van der Waals surface area contributed by atoms with Gasteiger partial charge in [-0.2, -0.15) is 5.10 Å². The number of nitrogens with two attached hydrogens (primary N) is 1. The molecule has 1 aromatic carbocycles. The monoisotopic (exact) mass is 243 g/mol. The van der Waals surface area contributed by atoms with E-state index in [-0.39, 0.29) is 11.3 Å². The predicted molar refractivity (Wildman–Crippen MR) is 66.9 cm³/mol. The number of aromatic carboxylic acids is 1. The summed E-state index contributed by atoms with van der Waals surface area (Å²) in [5, 5.41) is 13.5. The Morgan fingerprint density at radius 3 is 2.83 bits per heavy atom. The molecule has 0 unspecified atom stereocenters. The summed E-state index contributed by atoms with van der Waals surface area (Å²) >= 11 is 0. The maximum atomic E-state index is 11.0. The minimum atomic E-state index is -1.02. The molecular weight excluding hydrogens is 230 g/mol. The molecule has 3 rings (SSSR count). The van der Waals surface area contributed by atoms with Crippen molar-refractivity contribution in [3.8, 4) is 5.69 Å². The van der Waals surface area contributed by atoms with Gasteiger partial charge in [-0.15, -0.1) is 0 Å². The van der Waals surface area contributed by atoms with Gasteiger partial charge >= 0.3 is 5.97 Å². The van der Waals surface area contributed by atoms with Gasteiger partial charge in [-0.25, -0.2) is 9.48 Å². The largest absolute Gasteiger partial charge is 0.478 e. The van der Waals surface area contributed by atoms with Gasteiger partial charge in [0.25, 0.3) is 0 Å². The summed E-state index contributed by atoms with van der Waals surface area (Å²) in [6.45, 7) is 0. The molecule has 1 heterocycles. The number of carbonyl (C=O) groups is 1. The molecule has 0 aliphatic heterocycles. The number of hydrogen-bond acceptors (Lipinski definition) is 3. The van der Waals surface area contributed by atoms with E-state index in [9.17, 15) is 4.79 Å². The molecule has 92 valence electrons. The molecule has 2 aromatic rings. The number of para-hydroxylation sites is 1. The lowest BCUT2D eigenvalue weighted by atomic mass is 10.1. The molecule has 0 atom stereocenters. The molecule has 0 amide bonds. The number of carboxylic acids is 1. The molecular formula is C13H13N3O2. The number of rotatable bonds is 3. The Labute approximate surface area is 104 Å². The third-order valence-corrected chi connectivity index (χ3v) is 3.17. The minimum Gasteiger partial charge on any atom is -0.478 e. The molecule has 0 radical (unpaired) electrons. The summed E-state index contributed by atoms with van der Waals surface area (Å²) < 4.78 is 1.65. The van der Waals surface area contributed by atoms with Gasteiger partial charge in [0.05, 0.1) is 22.6 Å². The van der Waals surface area contributed by atoms with Crippen LogP contribution in [0.1, 0.15) is 34.8 Å². The van der Waals surface area contributed by atoms with Crippen LogP contribution in [0.5, 0.6) is 0 Å². The minimum absolute atomic E-state index is 0.107.